The first-order chi connectivity index (χ1) is 14.2. The number of para-hydroxylation sites is 1. The number of aromatic nitrogens is 2. The van der Waals surface area contributed by atoms with Gasteiger partial charge in [0.05, 0.1) is 0 Å². The van der Waals surface area contributed by atoms with Crippen molar-refractivity contribution in [3.05, 3.63) is 42.6 Å². The fourth-order valence-corrected chi connectivity index (χ4v) is 3.93. The Bertz CT molecular complexity index is 802. The number of hydrogen-bond donors (Lipinski definition) is 0. The average Bonchev–Trinajstić information content (AvgIpc) is 2.80. The number of piperidine rings is 1. The number of carbonyl (C=O) groups excluding carboxylic acids is 1. The second-order valence-corrected chi connectivity index (χ2v) is 7.65. The highest BCUT2D eigenvalue weighted by atomic mass is 16.5. The smallest absolute Gasteiger partial charge is 0.263 e. The van der Waals surface area contributed by atoms with Crippen molar-refractivity contribution in [2.24, 2.45) is 0 Å². The highest BCUT2D eigenvalue weighted by Crippen LogP contribution is 2.20. The summed E-state index contributed by atoms with van der Waals surface area (Å²) in [5.74, 6) is 2.52. The van der Waals surface area contributed by atoms with Crippen LogP contribution in [0, 0.1) is 0 Å². The molecule has 2 aromatic rings. The number of ether oxygens (including phenoxy) is 1. The Labute approximate surface area is 172 Å². The van der Waals surface area contributed by atoms with E-state index in [-0.39, 0.29) is 5.91 Å². The fraction of sp³-hybridized carbons (Fsp3) is 0.500. The molecule has 2 fully saturated rings. The van der Waals surface area contributed by atoms with Gasteiger partial charge in [-0.2, -0.15) is 4.98 Å². The molecule has 1 aromatic carbocycles. The van der Waals surface area contributed by atoms with Crippen molar-refractivity contribution in [3.8, 4) is 5.75 Å². The average molecular weight is 396 g/mol. The van der Waals surface area contributed by atoms with Crippen LogP contribution in [0.4, 0.5) is 11.8 Å². The van der Waals surface area contributed by atoms with Crippen LogP contribution >= 0.6 is 0 Å². The Hall–Kier alpha value is -2.83. The molecule has 1 atom stereocenters. The third-order valence-electron chi connectivity index (χ3n) is 5.59. The molecule has 0 saturated carbocycles. The van der Waals surface area contributed by atoms with E-state index in [4.69, 9.17) is 9.72 Å². The summed E-state index contributed by atoms with van der Waals surface area (Å²) >= 11 is 0. The number of hydrogen-bond acceptors (Lipinski definition) is 6. The van der Waals surface area contributed by atoms with E-state index in [9.17, 15) is 4.79 Å². The standard InChI is InChI=1S/C22H29N5O2/c1-18(29-19-8-4-2-5-9-19)21(28)26-16-14-25(15-17-26)20-10-11-23-22(24-20)27-12-6-3-7-13-27/h2,4-5,8-11,18H,3,6-7,12-17H2,1H3/t18-/m0/s1. The van der Waals surface area contributed by atoms with E-state index in [1.165, 1.54) is 19.3 Å². The van der Waals surface area contributed by atoms with Crippen LogP contribution in [-0.2, 0) is 4.79 Å². The lowest BCUT2D eigenvalue weighted by atomic mass is 10.1. The van der Waals surface area contributed by atoms with E-state index in [0.717, 1.165) is 43.7 Å². The molecular weight excluding hydrogens is 366 g/mol. The molecule has 1 aromatic heterocycles. The third-order valence-corrected chi connectivity index (χ3v) is 5.59. The third kappa shape index (κ3) is 4.78. The summed E-state index contributed by atoms with van der Waals surface area (Å²) in [6.45, 7) is 6.75. The second-order valence-electron chi connectivity index (χ2n) is 7.65. The molecule has 0 N–H and O–H groups in total. The molecule has 154 valence electrons. The number of carbonyl (C=O) groups is 1. The molecule has 3 heterocycles. The Balaban J connectivity index is 1.32. The predicted octanol–water partition coefficient (Wildman–Crippen LogP) is 2.58. The van der Waals surface area contributed by atoms with Gasteiger partial charge in [-0.05, 0) is 44.4 Å². The van der Waals surface area contributed by atoms with Crippen LogP contribution in [0.3, 0.4) is 0 Å². The number of benzene rings is 1. The minimum absolute atomic E-state index is 0.0326. The van der Waals surface area contributed by atoms with Crippen molar-refractivity contribution in [3.63, 3.8) is 0 Å². The lowest BCUT2D eigenvalue weighted by Crippen LogP contribution is -2.52. The molecule has 29 heavy (non-hydrogen) atoms. The van der Waals surface area contributed by atoms with Crippen LogP contribution in [0.25, 0.3) is 0 Å². The molecule has 1 amide bonds. The van der Waals surface area contributed by atoms with E-state index in [0.29, 0.717) is 13.1 Å². The number of rotatable bonds is 5. The zero-order valence-corrected chi connectivity index (χ0v) is 17.0. The summed E-state index contributed by atoms with van der Waals surface area (Å²) in [6, 6.07) is 11.5. The van der Waals surface area contributed by atoms with E-state index in [1.807, 2.05) is 54.4 Å². The summed E-state index contributed by atoms with van der Waals surface area (Å²) in [7, 11) is 0. The van der Waals surface area contributed by atoms with Gasteiger partial charge in [0, 0.05) is 45.5 Å². The van der Waals surface area contributed by atoms with Gasteiger partial charge in [0.25, 0.3) is 5.91 Å². The summed E-state index contributed by atoms with van der Waals surface area (Å²) in [5.41, 5.74) is 0. The van der Waals surface area contributed by atoms with Gasteiger partial charge >= 0.3 is 0 Å². The van der Waals surface area contributed by atoms with Crippen LogP contribution in [0.5, 0.6) is 5.75 Å². The van der Waals surface area contributed by atoms with Gasteiger partial charge in [-0.25, -0.2) is 4.98 Å². The summed E-state index contributed by atoms with van der Waals surface area (Å²) in [6.07, 6.45) is 5.06. The van der Waals surface area contributed by atoms with Gasteiger partial charge in [-0.3, -0.25) is 4.79 Å². The molecule has 2 aliphatic heterocycles. The first-order valence-corrected chi connectivity index (χ1v) is 10.5. The fourth-order valence-electron chi connectivity index (χ4n) is 3.93. The van der Waals surface area contributed by atoms with Crippen LogP contribution < -0.4 is 14.5 Å². The molecule has 4 rings (SSSR count). The SMILES string of the molecule is C[C@H](Oc1ccccc1)C(=O)N1CCN(c2ccnc(N3CCCCC3)n2)CC1. The van der Waals surface area contributed by atoms with Gasteiger partial charge in [-0.15, -0.1) is 0 Å². The Morgan fingerprint density at radius 2 is 1.66 bits per heavy atom. The van der Waals surface area contributed by atoms with E-state index >= 15 is 0 Å². The molecule has 2 saturated heterocycles. The van der Waals surface area contributed by atoms with E-state index < -0.39 is 6.10 Å². The van der Waals surface area contributed by atoms with Crippen molar-refractivity contribution in [1.29, 1.82) is 0 Å². The van der Waals surface area contributed by atoms with Crippen LogP contribution in [0.1, 0.15) is 26.2 Å². The molecule has 7 heteroatoms. The number of anilines is 2. The van der Waals surface area contributed by atoms with Gasteiger partial charge in [0.1, 0.15) is 11.6 Å². The first kappa shape index (κ1) is 19.5. The van der Waals surface area contributed by atoms with E-state index in [1.54, 1.807) is 0 Å². The molecule has 0 radical (unpaired) electrons. The lowest BCUT2D eigenvalue weighted by Gasteiger charge is -2.36. The molecule has 0 spiro atoms. The molecule has 7 nitrogen and oxygen atoms in total. The van der Waals surface area contributed by atoms with Crippen LogP contribution in [0.2, 0.25) is 0 Å². The number of nitrogens with zero attached hydrogens (tertiary/aromatic N) is 5. The minimum Gasteiger partial charge on any atom is -0.481 e. The maximum Gasteiger partial charge on any atom is 0.263 e. The summed E-state index contributed by atoms with van der Waals surface area (Å²) < 4.78 is 5.79. The maximum atomic E-state index is 12.8. The summed E-state index contributed by atoms with van der Waals surface area (Å²) in [4.78, 5) is 28.4. The molecule has 0 unspecified atom stereocenters. The largest absolute Gasteiger partial charge is 0.481 e. The zero-order chi connectivity index (χ0) is 20.1. The molecule has 2 aliphatic rings. The normalized spacial score (nSPS) is 18.4. The van der Waals surface area contributed by atoms with Crippen molar-refractivity contribution in [2.45, 2.75) is 32.3 Å². The van der Waals surface area contributed by atoms with Crippen molar-refractivity contribution < 1.29 is 9.53 Å². The number of piperazine rings is 1. The van der Waals surface area contributed by atoms with Gasteiger partial charge < -0.3 is 19.4 Å². The van der Waals surface area contributed by atoms with Gasteiger partial charge in [0.2, 0.25) is 5.95 Å². The predicted molar refractivity (Wildman–Crippen MR) is 113 cm³/mol. The number of amides is 1. The monoisotopic (exact) mass is 395 g/mol. The van der Waals surface area contributed by atoms with Crippen molar-refractivity contribution >= 4 is 17.7 Å². The minimum atomic E-state index is -0.492. The Morgan fingerprint density at radius 1 is 0.931 bits per heavy atom. The quantitative estimate of drug-likeness (QED) is 0.776. The van der Waals surface area contributed by atoms with E-state index in [2.05, 4.69) is 14.8 Å². The zero-order valence-electron chi connectivity index (χ0n) is 17.0. The first-order valence-electron chi connectivity index (χ1n) is 10.5. The molecule has 0 aliphatic carbocycles. The maximum absolute atomic E-state index is 12.8. The highest BCUT2D eigenvalue weighted by Gasteiger charge is 2.27. The summed E-state index contributed by atoms with van der Waals surface area (Å²) in [5, 5.41) is 0. The van der Waals surface area contributed by atoms with Crippen LogP contribution in [0.15, 0.2) is 42.6 Å². The van der Waals surface area contributed by atoms with Crippen LogP contribution in [-0.4, -0.2) is 66.1 Å². The Morgan fingerprint density at radius 3 is 2.38 bits per heavy atom. The van der Waals surface area contributed by atoms with Gasteiger partial charge in [0.15, 0.2) is 6.10 Å². The second kappa shape index (κ2) is 9.11. The van der Waals surface area contributed by atoms with Crippen molar-refractivity contribution in [1.82, 2.24) is 14.9 Å². The topological polar surface area (TPSA) is 61.8 Å². The lowest BCUT2D eigenvalue weighted by molar-refractivity contribution is -0.138. The Kier molecular flexibility index (Phi) is 6.12. The molecular formula is C22H29N5O2. The van der Waals surface area contributed by atoms with Gasteiger partial charge in [-0.1, -0.05) is 18.2 Å². The highest BCUT2D eigenvalue weighted by molar-refractivity contribution is 5.81. The molecule has 0 bridgehead atoms. The van der Waals surface area contributed by atoms with Crippen molar-refractivity contribution in [2.75, 3.05) is 49.1 Å².